The minimum Gasteiger partial charge on any atom is -0.495 e. The maximum Gasteiger partial charge on any atom is 0.223 e. The van der Waals surface area contributed by atoms with Gasteiger partial charge in [0.1, 0.15) is 11.5 Å². The number of ether oxygens (including phenoxy) is 2. The molecular weight excluding hydrogens is 377 g/mol. The van der Waals surface area contributed by atoms with Gasteiger partial charge in [0.25, 0.3) is 0 Å². The second-order valence-corrected chi connectivity index (χ2v) is 6.16. The van der Waals surface area contributed by atoms with Crippen LogP contribution in [0.2, 0.25) is 10.0 Å². The topological polar surface area (TPSA) is 76.5 Å². The first kappa shape index (κ1) is 18.5. The number of aliphatic hydroxyl groups is 1. The zero-order valence-electron chi connectivity index (χ0n) is 14.2. The largest absolute Gasteiger partial charge is 0.495 e. The molecule has 0 aliphatic carbocycles. The number of nitrogens with zero attached hydrogens (tertiary/aromatic N) is 2. The maximum atomic E-state index is 8.88. The molecule has 0 aliphatic heterocycles. The smallest absolute Gasteiger partial charge is 0.223 e. The van der Waals surface area contributed by atoms with Crippen molar-refractivity contribution >= 4 is 40.1 Å². The van der Waals surface area contributed by atoms with E-state index in [2.05, 4.69) is 15.3 Å². The third-order valence-electron chi connectivity index (χ3n) is 3.84. The van der Waals surface area contributed by atoms with E-state index in [1.165, 1.54) is 14.2 Å². The minimum absolute atomic E-state index is 0.00893. The third kappa shape index (κ3) is 3.49. The molecule has 26 heavy (non-hydrogen) atoms. The summed E-state index contributed by atoms with van der Waals surface area (Å²) in [6.45, 7) is 0.396. The predicted molar refractivity (Wildman–Crippen MR) is 104 cm³/mol. The number of hydrogen-bond acceptors (Lipinski definition) is 6. The molecule has 0 amide bonds. The Morgan fingerprint density at radius 2 is 1.77 bits per heavy atom. The number of anilines is 1. The molecule has 0 unspecified atom stereocenters. The SMILES string of the molecule is COc1cc(OC)c(Cl)c(-c2ccc3nc(NCCO)ncc3c2)c1Cl. The summed E-state index contributed by atoms with van der Waals surface area (Å²) < 4.78 is 10.6. The zero-order valence-corrected chi connectivity index (χ0v) is 15.7. The molecule has 0 fully saturated rings. The molecule has 3 rings (SSSR count). The van der Waals surface area contributed by atoms with Crippen molar-refractivity contribution in [2.45, 2.75) is 0 Å². The highest BCUT2D eigenvalue weighted by Gasteiger charge is 2.19. The Balaban J connectivity index is 2.11. The van der Waals surface area contributed by atoms with Gasteiger partial charge in [-0.05, 0) is 17.7 Å². The average molecular weight is 394 g/mol. The second-order valence-electron chi connectivity index (χ2n) is 5.40. The number of methoxy groups -OCH3 is 2. The highest BCUT2D eigenvalue weighted by atomic mass is 35.5. The van der Waals surface area contributed by atoms with Crippen molar-refractivity contribution in [3.05, 3.63) is 40.5 Å². The molecule has 0 spiro atoms. The van der Waals surface area contributed by atoms with Crippen LogP contribution in [0, 0.1) is 0 Å². The summed E-state index contributed by atoms with van der Waals surface area (Å²) in [6, 6.07) is 7.28. The minimum atomic E-state index is 0.00893. The van der Waals surface area contributed by atoms with Crippen molar-refractivity contribution in [3.8, 4) is 22.6 Å². The van der Waals surface area contributed by atoms with E-state index in [1.807, 2.05) is 18.2 Å². The van der Waals surface area contributed by atoms with Gasteiger partial charge in [0.2, 0.25) is 5.95 Å². The molecule has 3 aromatic rings. The van der Waals surface area contributed by atoms with Crippen LogP contribution in [0.5, 0.6) is 11.5 Å². The number of benzene rings is 2. The van der Waals surface area contributed by atoms with E-state index in [0.29, 0.717) is 39.6 Å². The third-order valence-corrected chi connectivity index (χ3v) is 4.59. The van der Waals surface area contributed by atoms with Gasteiger partial charge >= 0.3 is 0 Å². The van der Waals surface area contributed by atoms with E-state index in [4.69, 9.17) is 37.8 Å². The van der Waals surface area contributed by atoms with Gasteiger partial charge in [-0.3, -0.25) is 0 Å². The van der Waals surface area contributed by atoms with Crippen LogP contribution in [0.3, 0.4) is 0 Å². The average Bonchev–Trinajstić information content (AvgIpc) is 2.66. The van der Waals surface area contributed by atoms with Gasteiger partial charge < -0.3 is 19.9 Å². The maximum absolute atomic E-state index is 8.88. The molecule has 0 atom stereocenters. The summed E-state index contributed by atoms with van der Waals surface area (Å²) in [6.07, 6.45) is 1.70. The normalized spacial score (nSPS) is 10.8. The van der Waals surface area contributed by atoms with Crippen LogP contribution in [-0.2, 0) is 0 Å². The van der Waals surface area contributed by atoms with Crippen LogP contribution in [0.4, 0.5) is 5.95 Å². The Kier molecular flexibility index (Phi) is 5.66. The molecule has 2 aromatic carbocycles. The van der Waals surface area contributed by atoms with E-state index in [9.17, 15) is 0 Å². The number of aromatic nitrogens is 2. The lowest BCUT2D eigenvalue weighted by Gasteiger charge is -2.15. The fourth-order valence-electron chi connectivity index (χ4n) is 2.58. The van der Waals surface area contributed by atoms with Crippen LogP contribution >= 0.6 is 23.2 Å². The molecule has 0 saturated carbocycles. The van der Waals surface area contributed by atoms with Gasteiger partial charge in [-0.15, -0.1) is 0 Å². The summed E-state index contributed by atoms with van der Waals surface area (Å²) in [4.78, 5) is 8.65. The summed E-state index contributed by atoms with van der Waals surface area (Å²) in [5, 5.41) is 13.4. The van der Waals surface area contributed by atoms with Gasteiger partial charge in [0, 0.05) is 29.8 Å². The summed E-state index contributed by atoms with van der Waals surface area (Å²) >= 11 is 13.0. The molecule has 8 heteroatoms. The van der Waals surface area contributed by atoms with Crippen molar-refractivity contribution in [1.82, 2.24) is 9.97 Å². The Hall–Kier alpha value is -2.28. The first-order chi connectivity index (χ1) is 12.6. The van der Waals surface area contributed by atoms with Crippen LogP contribution in [0.15, 0.2) is 30.5 Å². The lowest BCUT2D eigenvalue weighted by Crippen LogP contribution is -2.08. The van der Waals surface area contributed by atoms with E-state index in [0.717, 1.165) is 16.5 Å². The van der Waals surface area contributed by atoms with E-state index in [1.54, 1.807) is 12.3 Å². The number of fused-ring (bicyclic) bond motifs is 1. The van der Waals surface area contributed by atoms with Crippen LogP contribution in [-0.4, -0.2) is 42.4 Å². The molecule has 0 radical (unpaired) electrons. The van der Waals surface area contributed by atoms with Crippen LogP contribution < -0.4 is 14.8 Å². The molecular formula is C18H17Cl2N3O3. The van der Waals surface area contributed by atoms with Gasteiger partial charge in [-0.25, -0.2) is 9.97 Å². The number of nitrogens with one attached hydrogen (secondary N) is 1. The van der Waals surface area contributed by atoms with E-state index < -0.39 is 0 Å². The molecule has 6 nitrogen and oxygen atoms in total. The Labute approximate surface area is 160 Å². The highest BCUT2D eigenvalue weighted by molar-refractivity contribution is 6.41. The van der Waals surface area contributed by atoms with Crippen molar-refractivity contribution < 1.29 is 14.6 Å². The van der Waals surface area contributed by atoms with E-state index >= 15 is 0 Å². The highest BCUT2D eigenvalue weighted by Crippen LogP contribution is 2.46. The molecule has 0 aliphatic rings. The van der Waals surface area contributed by atoms with Gasteiger partial charge in [0.15, 0.2) is 0 Å². The molecule has 2 N–H and O–H groups in total. The van der Waals surface area contributed by atoms with Crippen molar-refractivity contribution in [2.24, 2.45) is 0 Å². The quantitative estimate of drug-likeness (QED) is 0.658. The molecule has 1 aromatic heterocycles. The van der Waals surface area contributed by atoms with Gasteiger partial charge in [-0.1, -0.05) is 29.3 Å². The molecule has 136 valence electrons. The Bertz CT molecular complexity index is 922. The fourth-order valence-corrected chi connectivity index (χ4v) is 3.30. The fraction of sp³-hybridized carbons (Fsp3) is 0.222. The Morgan fingerprint density at radius 3 is 2.38 bits per heavy atom. The number of hydrogen-bond donors (Lipinski definition) is 2. The number of halogens is 2. The molecule has 1 heterocycles. The van der Waals surface area contributed by atoms with Crippen molar-refractivity contribution in [3.63, 3.8) is 0 Å². The van der Waals surface area contributed by atoms with Crippen molar-refractivity contribution in [2.75, 3.05) is 32.7 Å². The Morgan fingerprint density at radius 1 is 1.08 bits per heavy atom. The monoisotopic (exact) mass is 393 g/mol. The van der Waals surface area contributed by atoms with E-state index in [-0.39, 0.29) is 6.61 Å². The lowest BCUT2D eigenvalue weighted by molar-refractivity contribution is 0.311. The predicted octanol–water partition coefficient (Wildman–Crippen LogP) is 4.03. The molecule has 0 saturated heterocycles. The first-order valence-electron chi connectivity index (χ1n) is 7.81. The van der Waals surface area contributed by atoms with Crippen molar-refractivity contribution in [1.29, 1.82) is 0 Å². The molecule has 0 bridgehead atoms. The first-order valence-corrected chi connectivity index (χ1v) is 8.56. The number of aliphatic hydroxyl groups excluding tert-OH is 1. The van der Waals surface area contributed by atoms with Crippen LogP contribution in [0.1, 0.15) is 0 Å². The lowest BCUT2D eigenvalue weighted by atomic mass is 10.0. The zero-order chi connectivity index (χ0) is 18.7. The standard InChI is InChI=1S/C18H17Cl2N3O3/c1-25-13-8-14(26-2)17(20)15(16(13)19)10-3-4-12-11(7-10)9-22-18(23-12)21-5-6-24/h3-4,7-9,24H,5-6H2,1-2H3,(H,21,22,23). The van der Waals surface area contributed by atoms with Gasteiger partial charge in [-0.2, -0.15) is 0 Å². The summed E-state index contributed by atoms with van der Waals surface area (Å²) in [5.74, 6) is 1.41. The summed E-state index contributed by atoms with van der Waals surface area (Å²) in [5.41, 5.74) is 2.17. The van der Waals surface area contributed by atoms with Crippen LogP contribution in [0.25, 0.3) is 22.0 Å². The van der Waals surface area contributed by atoms with Gasteiger partial charge in [0.05, 0.1) is 36.4 Å². The number of rotatable bonds is 6. The summed E-state index contributed by atoms with van der Waals surface area (Å²) in [7, 11) is 3.07. The second kappa shape index (κ2) is 7.95.